The largest absolute Gasteiger partial charge is 0.309 e. The van der Waals surface area contributed by atoms with Gasteiger partial charge >= 0.3 is 0 Å². The molecule has 0 aliphatic heterocycles. The highest BCUT2D eigenvalue weighted by Crippen LogP contribution is 2.46. The molecule has 0 aliphatic carbocycles. The van der Waals surface area contributed by atoms with Gasteiger partial charge in [0.05, 0.1) is 27.8 Å². The van der Waals surface area contributed by atoms with E-state index in [2.05, 4.69) is 252 Å². The van der Waals surface area contributed by atoms with E-state index in [9.17, 15) is 0 Å². The molecule has 0 atom stereocenters. The number of nitrogens with zero attached hydrogens (tertiary/aromatic N) is 2. The van der Waals surface area contributed by atoms with Crippen LogP contribution in [0.3, 0.4) is 0 Å². The molecule has 2 aromatic heterocycles. The van der Waals surface area contributed by atoms with Gasteiger partial charge in [-0.3, -0.25) is 0 Å². The van der Waals surface area contributed by atoms with Crippen molar-refractivity contribution >= 4 is 43.6 Å². The van der Waals surface area contributed by atoms with E-state index in [1.165, 1.54) is 88.2 Å². The fourth-order valence-corrected chi connectivity index (χ4v) is 9.82. The van der Waals surface area contributed by atoms with Gasteiger partial charge in [0.15, 0.2) is 0 Å². The van der Waals surface area contributed by atoms with Crippen LogP contribution in [0.25, 0.3) is 111 Å². The van der Waals surface area contributed by atoms with Gasteiger partial charge < -0.3 is 9.13 Å². The van der Waals surface area contributed by atoms with Crippen LogP contribution in [0.2, 0.25) is 0 Å². The molecule has 0 bridgehead atoms. The average Bonchev–Trinajstić information content (AvgIpc) is 3.87. The summed E-state index contributed by atoms with van der Waals surface area (Å²) in [6.45, 7) is 0. The van der Waals surface area contributed by atoms with E-state index in [4.69, 9.17) is 0 Å². The monoisotopic (exact) mass is 788 g/mol. The maximum Gasteiger partial charge on any atom is 0.0618 e. The van der Waals surface area contributed by atoms with Crippen LogP contribution in [-0.2, 0) is 0 Å². The van der Waals surface area contributed by atoms with Crippen molar-refractivity contribution in [3.05, 3.63) is 243 Å². The zero-order valence-corrected chi connectivity index (χ0v) is 34.0. The zero-order valence-electron chi connectivity index (χ0n) is 34.0. The Bertz CT molecular complexity index is 3600. The van der Waals surface area contributed by atoms with E-state index < -0.39 is 0 Å². The second-order valence-corrected chi connectivity index (χ2v) is 16.0. The molecule has 290 valence electrons. The van der Waals surface area contributed by atoms with Gasteiger partial charge in [0.1, 0.15) is 0 Å². The summed E-state index contributed by atoms with van der Waals surface area (Å²) in [5.74, 6) is 0. The van der Waals surface area contributed by atoms with Crippen LogP contribution >= 0.6 is 0 Å². The Morgan fingerprint density at radius 2 is 0.645 bits per heavy atom. The first-order chi connectivity index (χ1) is 30.8. The Balaban J connectivity index is 1.18. The molecule has 12 rings (SSSR count). The first-order valence-electron chi connectivity index (χ1n) is 21.4. The summed E-state index contributed by atoms with van der Waals surface area (Å²) >= 11 is 0. The summed E-state index contributed by atoms with van der Waals surface area (Å²) in [7, 11) is 0. The van der Waals surface area contributed by atoms with Crippen molar-refractivity contribution in [1.29, 1.82) is 0 Å². The Kier molecular flexibility index (Phi) is 8.53. The fourth-order valence-electron chi connectivity index (χ4n) is 9.82. The molecule has 2 nitrogen and oxygen atoms in total. The van der Waals surface area contributed by atoms with E-state index in [1.54, 1.807) is 0 Å². The van der Waals surface area contributed by atoms with Gasteiger partial charge in [-0.25, -0.2) is 0 Å². The van der Waals surface area contributed by atoms with Crippen molar-refractivity contribution in [3.63, 3.8) is 0 Å². The van der Waals surface area contributed by atoms with Crippen LogP contribution in [0, 0.1) is 0 Å². The fraction of sp³-hybridized carbons (Fsp3) is 0. The van der Waals surface area contributed by atoms with E-state index in [0.717, 1.165) is 22.4 Å². The minimum absolute atomic E-state index is 1.13. The number of para-hydroxylation sites is 2. The van der Waals surface area contributed by atoms with Gasteiger partial charge in [-0.2, -0.15) is 0 Å². The number of hydrogen-bond donors (Lipinski definition) is 0. The highest BCUT2D eigenvalue weighted by atomic mass is 15.0. The summed E-state index contributed by atoms with van der Waals surface area (Å²) in [5.41, 5.74) is 18.9. The first-order valence-corrected chi connectivity index (χ1v) is 21.4. The van der Waals surface area contributed by atoms with Crippen LogP contribution in [-0.4, -0.2) is 9.13 Å². The van der Waals surface area contributed by atoms with E-state index in [0.29, 0.717) is 0 Å². The maximum absolute atomic E-state index is 2.53. The van der Waals surface area contributed by atoms with Crippen molar-refractivity contribution in [2.45, 2.75) is 0 Å². The van der Waals surface area contributed by atoms with Crippen molar-refractivity contribution in [1.82, 2.24) is 9.13 Å². The highest BCUT2D eigenvalue weighted by Gasteiger charge is 2.23. The first kappa shape index (κ1) is 35.7. The molecule has 2 heterocycles. The lowest BCUT2D eigenvalue weighted by Gasteiger charge is -2.20. The second kappa shape index (κ2) is 14.8. The summed E-state index contributed by atoms with van der Waals surface area (Å²) in [5, 5.41) is 4.94. The van der Waals surface area contributed by atoms with Crippen LogP contribution in [0.1, 0.15) is 0 Å². The molecule has 12 aromatic rings. The number of aromatic nitrogens is 2. The SMILES string of the molecule is c1ccc(-c2cccc(-c3cccc(-c4ccccc4)c3-n3c4ccc(-n5c6ccccc6c6c(-c7ccccc7)cccc65)cc4c4c(-c5ccccc5)cccc43)c2)cc1. The topological polar surface area (TPSA) is 9.86 Å². The minimum atomic E-state index is 1.13. The minimum Gasteiger partial charge on any atom is -0.309 e. The second-order valence-electron chi connectivity index (χ2n) is 16.0. The summed E-state index contributed by atoms with van der Waals surface area (Å²) in [6, 6.07) is 88.5. The highest BCUT2D eigenvalue weighted by molar-refractivity contribution is 6.19. The number of rotatable bonds is 7. The molecule has 0 aliphatic rings. The molecule has 0 N–H and O–H groups in total. The molecular weight excluding hydrogens is 749 g/mol. The number of hydrogen-bond acceptors (Lipinski definition) is 0. The lowest BCUT2D eigenvalue weighted by atomic mass is 9.93. The predicted octanol–water partition coefficient (Wildman–Crippen LogP) is 16.2. The van der Waals surface area contributed by atoms with Crippen molar-refractivity contribution in [2.75, 3.05) is 0 Å². The van der Waals surface area contributed by atoms with E-state index in [-0.39, 0.29) is 0 Å². The maximum atomic E-state index is 2.53. The molecule has 0 spiro atoms. The van der Waals surface area contributed by atoms with Gasteiger partial charge in [-0.15, -0.1) is 0 Å². The normalized spacial score (nSPS) is 11.5. The Labute approximate surface area is 360 Å². The van der Waals surface area contributed by atoms with Gasteiger partial charge in [-0.1, -0.05) is 200 Å². The van der Waals surface area contributed by atoms with Gasteiger partial charge in [0, 0.05) is 38.4 Å². The smallest absolute Gasteiger partial charge is 0.0618 e. The third-order valence-electron chi connectivity index (χ3n) is 12.5. The molecule has 2 heteroatoms. The van der Waals surface area contributed by atoms with Gasteiger partial charge in [-0.05, 0) is 87.0 Å². The molecule has 0 fully saturated rings. The summed E-state index contributed by atoms with van der Waals surface area (Å²) < 4.78 is 5.00. The zero-order chi connectivity index (χ0) is 41.0. The quantitative estimate of drug-likeness (QED) is 0.152. The van der Waals surface area contributed by atoms with Gasteiger partial charge in [0.2, 0.25) is 0 Å². The van der Waals surface area contributed by atoms with Crippen LogP contribution in [0.4, 0.5) is 0 Å². The molecule has 0 radical (unpaired) electrons. The van der Waals surface area contributed by atoms with E-state index in [1.807, 2.05) is 0 Å². The molecule has 0 saturated carbocycles. The molecule has 0 unspecified atom stereocenters. The third kappa shape index (κ3) is 5.80. The van der Waals surface area contributed by atoms with Gasteiger partial charge in [0.25, 0.3) is 0 Å². The molecule has 0 amide bonds. The van der Waals surface area contributed by atoms with E-state index >= 15 is 0 Å². The predicted molar refractivity (Wildman–Crippen MR) is 262 cm³/mol. The molecule has 10 aromatic carbocycles. The molecule has 0 saturated heterocycles. The lowest BCUT2D eigenvalue weighted by molar-refractivity contribution is 1.17. The van der Waals surface area contributed by atoms with Crippen LogP contribution in [0.15, 0.2) is 243 Å². The lowest BCUT2D eigenvalue weighted by Crippen LogP contribution is -2.01. The number of benzene rings is 10. The molecule has 62 heavy (non-hydrogen) atoms. The third-order valence-corrected chi connectivity index (χ3v) is 12.5. The summed E-state index contributed by atoms with van der Waals surface area (Å²) in [6.07, 6.45) is 0. The average molecular weight is 789 g/mol. The Morgan fingerprint density at radius 3 is 1.29 bits per heavy atom. The summed E-state index contributed by atoms with van der Waals surface area (Å²) in [4.78, 5) is 0. The standard InChI is InChI=1S/C60H40N2/c1-5-19-41(20-6-1)45-27-15-28-46(39-45)51-33-16-32-50(44-25-11-4-12-26-44)60(51)62-55-38-37-47(40-53(55)59-49(31-18-36-57(59)62)43-23-9-3-10-24-43)61-54-34-14-13-29-52(54)58-48(30-17-35-56(58)61)42-21-7-2-8-22-42/h1-40H. The number of fused-ring (bicyclic) bond motifs is 6. The van der Waals surface area contributed by atoms with Crippen molar-refractivity contribution in [3.8, 4) is 67.0 Å². The van der Waals surface area contributed by atoms with Crippen LogP contribution in [0.5, 0.6) is 0 Å². The molecular formula is C60H40N2. The van der Waals surface area contributed by atoms with Crippen LogP contribution < -0.4 is 0 Å². The van der Waals surface area contributed by atoms with Crippen molar-refractivity contribution < 1.29 is 0 Å². The van der Waals surface area contributed by atoms with Crippen molar-refractivity contribution in [2.24, 2.45) is 0 Å². The Morgan fingerprint density at radius 1 is 0.226 bits per heavy atom. The Hall–Kier alpha value is -8.20.